The average molecular weight is 404 g/mol. The van der Waals surface area contributed by atoms with Gasteiger partial charge in [-0.05, 0) is 54.5 Å². The van der Waals surface area contributed by atoms with Crippen molar-refractivity contribution < 1.29 is 14.3 Å². The summed E-state index contributed by atoms with van der Waals surface area (Å²) >= 11 is 1.45. The van der Waals surface area contributed by atoms with Gasteiger partial charge in [-0.15, -0.1) is 0 Å². The number of carbonyl (C=O) groups excluding carboxylic acids is 1. The topological polar surface area (TPSA) is 47.6 Å². The number of rotatable bonds is 6. The predicted octanol–water partition coefficient (Wildman–Crippen LogP) is 5.75. The van der Waals surface area contributed by atoms with Gasteiger partial charge in [-0.2, -0.15) is 0 Å². The van der Waals surface area contributed by atoms with Gasteiger partial charge in [0.15, 0.2) is 0 Å². The van der Waals surface area contributed by atoms with Crippen molar-refractivity contribution in [1.82, 2.24) is 0 Å². The van der Waals surface area contributed by atoms with Crippen LogP contribution in [0.1, 0.15) is 18.1 Å². The highest BCUT2D eigenvalue weighted by Gasteiger charge is 2.21. The zero-order valence-corrected chi connectivity index (χ0v) is 16.9. The molecule has 0 bridgehead atoms. The van der Waals surface area contributed by atoms with Crippen molar-refractivity contribution in [1.29, 1.82) is 0 Å². The van der Waals surface area contributed by atoms with E-state index >= 15 is 0 Å². The Morgan fingerprint density at radius 1 is 0.931 bits per heavy atom. The Bertz CT molecular complexity index is 1030. The molecule has 0 atom stereocenters. The third-order valence-electron chi connectivity index (χ3n) is 4.38. The molecule has 4 nitrogen and oxygen atoms in total. The number of nitrogens with one attached hydrogen (secondary N) is 1. The molecule has 0 saturated carbocycles. The lowest BCUT2D eigenvalue weighted by Gasteiger charge is -2.19. The second-order valence-electron chi connectivity index (χ2n) is 6.50. The highest BCUT2D eigenvalue weighted by atomic mass is 32.2. The van der Waals surface area contributed by atoms with Crippen LogP contribution in [0.15, 0.2) is 82.6 Å². The van der Waals surface area contributed by atoms with Crippen LogP contribution in [-0.4, -0.2) is 12.5 Å². The van der Waals surface area contributed by atoms with Gasteiger partial charge in [-0.25, -0.2) is 0 Å². The number of carbonyl (C=O) groups is 1. The fraction of sp³-hybridized carbons (Fsp3) is 0.125. The van der Waals surface area contributed by atoms with Gasteiger partial charge in [0, 0.05) is 4.90 Å². The van der Waals surface area contributed by atoms with Gasteiger partial charge in [0.05, 0.1) is 17.2 Å². The van der Waals surface area contributed by atoms with Crippen LogP contribution in [0.25, 0.3) is 6.08 Å². The third kappa shape index (κ3) is 4.81. The van der Waals surface area contributed by atoms with E-state index in [0.717, 1.165) is 33.2 Å². The molecule has 5 heteroatoms. The van der Waals surface area contributed by atoms with Gasteiger partial charge in [-0.1, -0.05) is 54.2 Å². The zero-order chi connectivity index (χ0) is 20.1. The Balaban J connectivity index is 1.46. The maximum Gasteiger partial charge on any atom is 0.262 e. The van der Waals surface area contributed by atoms with E-state index in [1.807, 2.05) is 85.8 Å². The number of hydrogen-bond acceptors (Lipinski definition) is 4. The molecule has 0 unspecified atom stereocenters. The van der Waals surface area contributed by atoms with E-state index in [9.17, 15) is 4.79 Å². The average Bonchev–Trinajstić information content (AvgIpc) is 2.75. The van der Waals surface area contributed by atoms with E-state index in [-0.39, 0.29) is 5.91 Å². The van der Waals surface area contributed by atoms with Gasteiger partial charge in [0.2, 0.25) is 0 Å². The van der Waals surface area contributed by atoms with Crippen LogP contribution in [0.4, 0.5) is 5.69 Å². The smallest absolute Gasteiger partial charge is 0.262 e. The molecule has 29 heavy (non-hydrogen) atoms. The fourth-order valence-electron chi connectivity index (χ4n) is 2.94. The number of amides is 1. The fourth-order valence-corrected chi connectivity index (χ4v) is 3.92. The maximum atomic E-state index is 12.4. The largest absolute Gasteiger partial charge is 0.494 e. The summed E-state index contributed by atoms with van der Waals surface area (Å²) in [4.78, 5) is 14.1. The first-order valence-corrected chi connectivity index (χ1v) is 10.3. The van der Waals surface area contributed by atoms with Gasteiger partial charge < -0.3 is 14.8 Å². The lowest BCUT2D eigenvalue weighted by molar-refractivity contribution is -0.112. The zero-order valence-electron chi connectivity index (χ0n) is 16.1. The molecule has 3 aromatic carbocycles. The monoisotopic (exact) mass is 403 g/mol. The molecule has 4 rings (SSSR count). The van der Waals surface area contributed by atoms with E-state index in [1.54, 1.807) is 0 Å². The molecule has 0 aliphatic carbocycles. The first-order valence-electron chi connectivity index (χ1n) is 9.46. The van der Waals surface area contributed by atoms with Crippen LogP contribution < -0.4 is 14.8 Å². The third-order valence-corrected chi connectivity index (χ3v) is 5.46. The van der Waals surface area contributed by atoms with Crippen molar-refractivity contribution in [3.63, 3.8) is 0 Å². The number of fused-ring (bicyclic) bond motifs is 1. The molecule has 146 valence electrons. The molecule has 0 radical (unpaired) electrons. The van der Waals surface area contributed by atoms with Crippen molar-refractivity contribution in [2.45, 2.75) is 18.4 Å². The molecule has 3 aromatic rings. The first-order chi connectivity index (χ1) is 14.2. The Morgan fingerprint density at radius 3 is 2.45 bits per heavy atom. The number of ether oxygens (including phenoxy) is 2. The lowest BCUT2D eigenvalue weighted by atomic mass is 10.2. The van der Waals surface area contributed by atoms with Crippen molar-refractivity contribution in [2.24, 2.45) is 0 Å². The molecule has 0 saturated heterocycles. The number of hydrogen-bond donors (Lipinski definition) is 1. The van der Waals surface area contributed by atoms with Crippen molar-refractivity contribution in [3.05, 3.63) is 88.8 Å². The molecule has 1 heterocycles. The molecule has 0 aromatic heterocycles. The van der Waals surface area contributed by atoms with Crippen LogP contribution in [0, 0.1) is 0 Å². The molecular weight excluding hydrogens is 382 g/mol. The summed E-state index contributed by atoms with van der Waals surface area (Å²) in [6, 6.07) is 23.5. The van der Waals surface area contributed by atoms with E-state index in [1.165, 1.54) is 11.8 Å². The second kappa shape index (κ2) is 8.88. The van der Waals surface area contributed by atoms with Gasteiger partial charge in [0.25, 0.3) is 5.91 Å². The molecule has 1 N–H and O–H groups in total. The number of benzene rings is 3. The summed E-state index contributed by atoms with van der Waals surface area (Å²) in [7, 11) is 0. The molecule has 0 fully saturated rings. The second-order valence-corrected chi connectivity index (χ2v) is 7.58. The van der Waals surface area contributed by atoms with Crippen LogP contribution in [-0.2, 0) is 11.4 Å². The van der Waals surface area contributed by atoms with Crippen LogP contribution >= 0.6 is 11.8 Å². The van der Waals surface area contributed by atoms with Crippen molar-refractivity contribution >= 4 is 29.4 Å². The number of anilines is 1. The van der Waals surface area contributed by atoms with E-state index in [2.05, 4.69) is 5.32 Å². The van der Waals surface area contributed by atoms with Crippen LogP contribution in [0.5, 0.6) is 11.5 Å². The van der Waals surface area contributed by atoms with Gasteiger partial charge in [-0.3, -0.25) is 4.79 Å². The van der Waals surface area contributed by atoms with Gasteiger partial charge >= 0.3 is 0 Å². The highest BCUT2D eigenvalue weighted by molar-refractivity contribution is 8.04. The van der Waals surface area contributed by atoms with Crippen LogP contribution in [0.3, 0.4) is 0 Å². The molecule has 1 amide bonds. The van der Waals surface area contributed by atoms with E-state index in [4.69, 9.17) is 9.47 Å². The van der Waals surface area contributed by atoms with Crippen molar-refractivity contribution in [2.75, 3.05) is 11.9 Å². The quantitative estimate of drug-likeness (QED) is 0.533. The Hall–Kier alpha value is -3.18. The Morgan fingerprint density at radius 2 is 1.69 bits per heavy atom. The summed E-state index contributed by atoms with van der Waals surface area (Å²) in [5.74, 6) is 1.49. The van der Waals surface area contributed by atoms with Crippen LogP contribution in [0.2, 0.25) is 0 Å². The Labute approximate surface area is 174 Å². The van der Waals surface area contributed by atoms with Gasteiger partial charge in [0.1, 0.15) is 18.1 Å². The number of thioether (sulfide) groups is 1. The van der Waals surface area contributed by atoms with E-state index in [0.29, 0.717) is 18.1 Å². The molecule has 1 aliphatic heterocycles. The maximum absolute atomic E-state index is 12.4. The predicted molar refractivity (Wildman–Crippen MR) is 117 cm³/mol. The Kier molecular flexibility index (Phi) is 5.86. The minimum atomic E-state index is -0.101. The normalized spacial score (nSPS) is 14.2. The first kappa shape index (κ1) is 19.2. The van der Waals surface area contributed by atoms with Crippen molar-refractivity contribution in [3.8, 4) is 11.5 Å². The summed E-state index contributed by atoms with van der Waals surface area (Å²) in [6.45, 7) is 3.09. The summed E-state index contributed by atoms with van der Waals surface area (Å²) in [5, 5.41) is 2.94. The lowest BCUT2D eigenvalue weighted by Crippen LogP contribution is -2.17. The molecule has 1 aliphatic rings. The summed E-state index contributed by atoms with van der Waals surface area (Å²) in [6.07, 6.45) is 1.89. The van der Waals surface area contributed by atoms with E-state index < -0.39 is 0 Å². The minimum Gasteiger partial charge on any atom is -0.494 e. The standard InChI is InChI=1S/C24H21NO3S/c1-2-27-20-12-13-21-22(15-20)29-23(24(26)25-21)14-17-8-10-19(11-9-17)28-16-18-6-4-3-5-7-18/h3-15H,2,16H2,1H3,(H,25,26). The molecule has 0 spiro atoms. The summed E-state index contributed by atoms with van der Waals surface area (Å²) in [5.41, 5.74) is 2.88. The summed E-state index contributed by atoms with van der Waals surface area (Å²) < 4.78 is 11.4. The molecular formula is C24H21NO3S. The highest BCUT2D eigenvalue weighted by Crippen LogP contribution is 2.40. The SMILES string of the molecule is CCOc1ccc2c(c1)SC(=Cc1ccc(OCc3ccccc3)cc1)C(=O)N2. The minimum absolute atomic E-state index is 0.101.